The van der Waals surface area contributed by atoms with E-state index in [1.165, 1.54) is 23.3 Å². The third-order valence-corrected chi connectivity index (χ3v) is 6.20. The minimum Gasteiger partial charge on any atom is -0.497 e. The molecule has 0 bridgehead atoms. The number of amides is 1. The highest BCUT2D eigenvalue weighted by molar-refractivity contribution is 5.76. The van der Waals surface area contributed by atoms with Gasteiger partial charge >= 0.3 is 0 Å². The van der Waals surface area contributed by atoms with Crippen LogP contribution >= 0.6 is 0 Å². The van der Waals surface area contributed by atoms with Crippen LogP contribution in [0, 0.1) is 5.82 Å². The summed E-state index contributed by atoms with van der Waals surface area (Å²) < 4.78 is 24.0. The summed E-state index contributed by atoms with van der Waals surface area (Å²) in [5, 5.41) is 0. The first-order valence-corrected chi connectivity index (χ1v) is 10.7. The molecule has 2 aromatic rings. The van der Waals surface area contributed by atoms with E-state index in [9.17, 15) is 9.18 Å². The number of hydrogen-bond donors (Lipinski definition) is 0. The summed E-state index contributed by atoms with van der Waals surface area (Å²) in [6, 6.07) is 12.8. The maximum absolute atomic E-state index is 13.0. The maximum atomic E-state index is 13.0. The van der Waals surface area contributed by atoms with Gasteiger partial charge in [0.05, 0.1) is 13.7 Å². The Hall–Kier alpha value is -2.60. The molecule has 2 aliphatic rings. The SMILES string of the molecule is COc1ccc2c(c1)CC(N1CCC(=O)N(CCOc3ccc(F)cc3)CC1)CC2. The molecule has 4 rings (SSSR count). The van der Waals surface area contributed by atoms with Crippen LogP contribution in [0.15, 0.2) is 42.5 Å². The van der Waals surface area contributed by atoms with Gasteiger partial charge in [-0.3, -0.25) is 9.69 Å². The van der Waals surface area contributed by atoms with Crippen LogP contribution in [0.1, 0.15) is 24.0 Å². The van der Waals surface area contributed by atoms with Crippen LogP contribution in [0.25, 0.3) is 0 Å². The number of carbonyl (C=O) groups is 1. The molecular formula is C24H29FN2O3. The highest BCUT2D eigenvalue weighted by Gasteiger charge is 2.28. The van der Waals surface area contributed by atoms with Crippen LogP contribution in [0.2, 0.25) is 0 Å². The molecule has 2 aromatic carbocycles. The lowest BCUT2D eigenvalue weighted by atomic mass is 9.87. The number of carbonyl (C=O) groups excluding carboxylic acids is 1. The van der Waals surface area contributed by atoms with Gasteiger partial charge in [-0.05, 0) is 66.8 Å². The van der Waals surface area contributed by atoms with Crippen molar-refractivity contribution in [3.8, 4) is 11.5 Å². The van der Waals surface area contributed by atoms with Crippen molar-refractivity contribution in [2.45, 2.75) is 31.7 Å². The van der Waals surface area contributed by atoms with Gasteiger partial charge in [0.25, 0.3) is 0 Å². The molecular weight excluding hydrogens is 383 g/mol. The van der Waals surface area contributed by atoms with E-state index >= 15 is 0 Å². The van der Waals surface area contributed by atoms with Crippen molar-refractivity contribution in [3.05, 3.63) is 59.4 Å². The summed E-state index contributed by atoms with van der Waals surface area (Å²) in [4.78, 5) is 17.0. The minimum atomic E-state index is -0.283. The Morgan fingerprint density at radius 3 is 2.60 bits per heavy atom. The van der Waals surface area contributed by atoms with E-state index in [2.05, 4.69) is 17.0 Å². The summed E-state index contributed by atoms with van der Waals surface area (Å²) in [7, 11) is 1.71. The van der Waals surface area contributed by atoms with Crippen molar-refractivity contribution >= 4 is 5.91 Å². The van der Waals surface area contributed by atoms with Crippen LogP contribution in [0.5, 0.6) is 11.5 Å². The van der Waals surface area contributed by atoms with Gasteiger partial charge in [0.1, 0.15) is 23.9 Å². The lowest BCUT2D eigenvalue weighted by Gasteiger charge is -2.34. The predicted octanol–water partition coefficient (Wildman–Crippen LogP) is 3.30. The van der Waals surface area contributed by atoms with Crippen molar-refractivity contribution < 1.29 is 18.7 Å². The van der Waals surface area contributed by atoms with Crippen molar-refractivity contribution in [1.82, 2.24) is 9.80 Å². The van der Waals surface area contributed by atoms with Gasteiger partial charge in [-0.25, -0.2) is 4.39 Å². The molecule has 0 spiro atoms. The van der Waals surface area contributed by atoms with Crippen molar-refractivity contribution in [2.24, 2.45) is 0 Å². The van der Waals surface area contributed by atoms with Crippen LogP contribution < -0.4 is 9.47 Å². The molecule has 1 aliphatic carbocycles. The zero-order valence-corrected chi connectivity index (χ0v) is 17.5. The van der Waals surface area contributed by atoms with Crippen LogP contribution in [-0.4, -0.2) is 61.6 Å². The Morgan fingerprint density at radius 2 is 1.80 bits per heavy atom. The van der Waals surface area contributed by atoms with Gasteiger partial charge in [0.2, 0.25) is 5.91 Å². The molecule has 0 radical (unpaired) electrons. The number of nitrogens with zero attached hydrogens (tertiary/aromatic N) is 2. The number of fused-ring (bicyclic) bond motifs is 1. The fourth-order valence-corrected chi connectivity index (χ4v) is 4.44. The second-order valence-electron chi connectivity index (χ2n) is 8.00. The summed E-state index contributed by atoms with van der Waals surface area (Å²) in [6.07, 6.45) is 3.75. The Kier molecular flexibility index (Phi) is 6.53. The van der Waals surface area contributed by atoms with Crippen molar-refractivity contribution in [3.63, 3.8) is 0 Å². The highest BCUT2D eigenvalue weighted by Crippen LogP contribution is 2.28. The molecule has 5 nitrogen and oxygen atoms in total. The molecule has 1 saturated heterocycles. The zero-order valence-electron chi connectivity index (χ0n) is 17.5. The molecule has 1 amide bonds. The lowest BCUT2D eigenvalue weighted by Crippen LogP contribution is -2.42. The quantitative estimate of drug-likeness (QED) is 0.730. The van der Waals surface area contributed by atoms with Crippen LogP contribution in [0.3, 0.4) is 0 Å². The number of hydrogen-bond acceptors (Lipinski definition) is 4. The molecule has 1 unspecified atom stereocenters. The summed E-state index contributed by atoms with van der Waals surface area (Å²) in [5.74, 6) is 1.43. The van der Waals surface area contributed by atoms with Crippen molar-refractivity contribution in [1.29, 1.82) is 0 Å². The monoisotopic (exact) mass is 412 g/mol. The Bertz CT molecular complexity index is 871. The molecule has 0 aromatic heterocycles. The van der Waals surface area contributed by atoms with E-state index in [4.69, 9.17) is 9.47 Å². The number of aryl methyl sites for hydroxylation is 1. The molecule has 30 heavy (non-hydrogen) atoms. The first kappa shape index (κ1) is 20.7. The largest absolute Gasteiger partial charge is 0.497 e. The summed E-state index contributed by atoms with van der Waals surface area (Å²) >= 11 is 0. The maximum Gasteiger partial charge on any atom is 0.224 e. The summed E-state index contributed by atoms with van der Waals surface area (Å²) in [5.41, 5.74) is 2.78. The van der Waals surface area contributed by atoms with Gasteiger partial charge in [-0.2, -0.15) is 0 Å². The third-order valence-electron chi connectivity index (χ3n) is 6.20. The number of ether oxygens (including phenoxy) is 2. The van der Waals surface area contributed by atoms with E-state index in [1.54, 1.807) is 19.2 Å². The fourth-order valence-electron chi connectivity index (χ4n) is 4.44. The lowest BCUT2D eigenvalue weighted by molar-refractivity contribution is -0.130. The Balaban J connectivity index is 1.30. The normalized spacial score (nSPS) is 19.9. The number of methoxy groups -OCH3 is 1. The third kappa shape index (κ3) is 4.93. The number of benzene rings is 2. The first-order valence-electron chi connectivity index (χ1n) is 10.7. The smallest absolute Gasteiger partial charge is 0.224 e. The van der Waals surface area contributed by atoms with Crippen LogP contribution in [-0.2, 0) is 17.6 Å². The second-order valence-corrected chi connectivity index (χ2v) is 8.00. The predicted molar refractivity (Wildman–Crippen MR) is 113 cm³/mol. The van der Waals surface area contributed by atoms with E-state index in [1.807, 2.05) is 11.0 Å². The summed E-state index contributed by atoms with van der Waals surface area (Å²) in [6.45, 7) is 3.36. The molecule has 0 saturated carbocycles. The first-order chi connectivity index (χ1) is 14.6. The van der Waals surface area contributed by atoms with Gasteiger partial charge in [-0.1, -0.05) is 6.07 Å². The molecule has 160 valence electrons. The van der Waals surface area contributed by atoms with E-state index in [0.29, 0.717) is 37.9 Å². The van der Waals surface area contributed by atoms with E-state index < -0.39 is 0 Å². The van der Waals surface area contributed by atoms with E-state index in [0.717, 1.165) is 38.1 Å². The van der Waals surface area contributed by atoms with Gasteiger partial charge in [-0.15, -0.1) is 0 Å². The minimum absolute atomic E-state index is 0.179. The molecule has 1 aliphatic heterocycles. The van der Waals surface area contributed by atoms with Gasteiger partial charge in [0.15, 0.2) is 0 Å². The standard InChI is InChI=1S/C24H29FN2O3/c1-29-23-7-3-18-2-6-21(16-19(18)17-23)26-11-10-24(28)27(13-12-26)14-15-30-22-8-4-20(25)5-9-22/h3-5,7-9,17,21H,2,6,10-16H2,1H3. The Morgan fingerprint density at radius 1 is 1.00 bits per heavy atom. The highest BCUT2D eigenvalue weighted by atomic mass is 19.1. The topological polar surface area (TPSA) is 42.0 Å². The van der Waals surface area contributed by atoms with Crippen LogP contribution in [0.4, 0.5) is 4.39 Å². The molecule has 6 heteroatoms. The average Bonchev–Trinajstić information content (AvgIpc) is 2.96. The van der Waals surface area contributed by atoms with E-state index in [-0.39, 0.29) is 11.7 Å². The molecule has 0 N–H and O–H groups in total. The van der Waals surface area contributed by atoms with Gasteiger partial charge in [0, 0.05) is 32.1 Å². The molecule has 1 heterocycles. The Labute approximate surface area is 177 Å². The van der Waals surface area contributed by atoms with Gasteiger partial charge < -0.3 is 14.4 Å². The fraction of sp³-hybridized carbons (Fsp3) is 0.458. The molecule has 1 atom stereocenters. The second kappa shape index (κ2) is 9.47. The van der Waals surface area contributed by atoms with Crippen molar-refractivity contribution in [2.75, 3.05) is 39.9 Å². The zero-order chi connectivity index (χ0) is 20.9. The number of halogens is 1. The number of rotatable bonds is 6. The average molecular weight is 413 g/mol. The molecule has 1 fully saturated rings.